The van der Waals surface area contributed by atoms with Crippen LogP contribution in [0.3, 0.4) is 0 Å². The molecule has 202 valence electrons. The van der Waals surface area contributed by atoms with Crippen molar-refractivity contribution in [3.05, 3.63) is 72.8 Å². The molecule has 2 aliphatic rings. The number of nitrogens with one attached hydrogen (secondary N) is 1. The average Bonchev–Trinajstić information content (AvgIpc) is 3.07. The van der Waals surface area contributed by atoms with Crippen molar-refractivity contribution < 1.29 is 32.0 Å². The second kappa shape index (κ2) is 10.5. The van der Waals surface area contributed by atoms with Crippen LogP contribution in [0.15, 0.2) is 82.1 Å². The smallest absolute Gasteiger partial charge is 0.453 e. The van der Waals surface area contributed by atoms with Crippen molar-refractivity contribution in [2.45, 2.75) is 55.1 Å². The highest BCUT2D eigenvalue weighted by Crippen LogP contribution is 2.49. The van der Waals surface area contributed by atoms with Gasteiger partial charge in [0, 0.05) is 13.1 Å². The molecular formula is C27H28F3N3O4S. The van der Waals surface area contributed by atoms with Crippen molar-refractivity contribution in [2.75, 3.05) is 11.9 Å². The van der Waals surface area contributed by atoms with Crippen molar-refractivity contribution in [3.63, 3.8) is 0 Å². The first-order valence-corrected chi connectivity index (χ1v) is 13.8. The van der Waals surface area contributed by atoms with Gasteiger partial charge in [0.25, 0.3) is 0 Å². The summed E-state index contributed by atoms with van der Waals surface area (Å²) in [6.45, 7) is 0. The molecule has 0 spiro atoms. The molecule has 1 fully saturated rings. The lowest BCUT2D eigenvalue weighted by atomic mass is 9.98. The monoisotopic (exact) mass is 547 g/mol. The summed E-state index contributed by atoms with van der Waals surface area (Å²) >= 11 is 0. The molecule has 1 aliphatic heterocycles. The van der Waals surface area contributed by atoms with Gasteiger partial charge in [-0.2, -0.15) is 0 Å². The molecule has 0 amide bonds. The zero-order valence-corrected chi connectivity index (χ0v) is 21.4. The van der Waals surface area contributed by atoms with Crippen LogP contribution < -0.4 is 19.1 Å². The van der Waals surface area contributed by atoms with Crippen LogP contribution in [-0.4, -0.2) is 40.9 Å². The minimum Gasteiger partial charge on any atom is -0.453 e. The molecule has 0 radical (unpaired) electrons. The Kier molecular flexibility index (Phi) is 7.26. The van der Waals surface area contributed by atoms with E-state index in [0.29, 0.717) is 24.3 Å². The number of rotatable bonds is 5. The molecule has 2 N–H and O–H groups in total. The molecule has 0 saturated heterocycles. The molecule has 0 bridgehead atoms. The number of aliphatic hydroxyl groups is 1. The number of aliphatic hydroxyl groups excluding tert-OH is 1. The van der Waals surface area contributed by atoms with Gasteiger partial charge in [-0.15, -0.1) is 13.2 Å². The summed E-state index contributed by atoms with van der Waals surface area (Å²) < 4.78 is 68.7. The van der Waals surface area contributed by atoms with Crippen LogP contribution in [0.5, 0.6) is 17.2 Å². The number of fused-ring (bicyclic) bond motifs is 2. The summed E-state index contributed by atoms with van der Waals surface area (Å²) in [5, 5.41) is 11.7. The molecule has 7 nitrogen and oxygen atoms in total. The number of benzene rings is 3. The summed E-state index contributed by atoms with van der Waals surface area (Å²) in [4.78, 5) is 2.29. The zero-order chi connectivity index (χ0) is 26.9. The standard InChI is InChI=1S/C27H28F3N3O4S/c1-31-38(35,19-16-14-18(15-17-19)37-27(28,29)30)32-20-8-2-3-11-23(26(20)34)33-21-9-4-6-12-24(21)36-25-13-7-5-10-22(25)33/h4-7,9-10,12-17,20,23,26,34H,2-3,8,11H2,1H3,(H,31,32,35)/t20-,23+,26+,38?/m1/s1. The van der Waals surface area contributed by atoms with E-state index in [1.807, 2.05) is 48.5 Å². The van der Waals surface area contributed by atoms with Crippen LogP contribution in [0.25, 0.3) is 0 Å². The Morgan fingerprint density at radius 1 is 0.974 bits per heavy atom. The Balaban J connectivity index is 1.45. The quantitative estimate of drug-likeness (QED) is 0.374. The van der Waals surface area contributed by atoms with E-state index in [0.717, 1.165) is 36.3 Å². The molecule has 4 atom stereocenters. The highest BCUT2D eigenvalue weighted by atomic mass is 32.2. The van der Waals surface area contributed by atoms with Gasteiger partial charge < -0.3 is 19.5 Å². The van der Waals surface area contributed by atoms with E-state index in [9.17, 15) is 22.5 Å². The molecule has 1 saturated carbocycles. The molecule has 5 rings (SSSR count). The van der Waals surface area contributed by atoms with Gasteiger partial charge in [-0.05, 0) is 61.4 Å². The molecule has 0 aromatic heterocycles. The maximum Gasteiger partial charge on any atom is 0.573 e. The van der Waals surface area contributed by atoms with E-state index in [-0.39, 0.29) is 10.9 Å². The number of para-hydroxylation sites is 4. The van der Waals surface area contributed by atoms with Crippen LogP contribution in [0.1, 0.15) is 25.7 Å². The fraction of sp³-hybridized carbons (Fsp3) is 0.333. The van der Waals surface area contributed by atoms with E-state index < -0.39 is 34.2 Å². The number of hydrogen-bond acceptors (Lipinski definition) is 6. The summed E-state index contributed by atoms with van der Waals surface area (Å²) in [6.07, 6.45) is -2.89. The van der Waals surface area contributed by atoms with Crippen LogP contribution in [0.4, 0.5) is 24.5 Å². The zero-order valence-electron chi connectivity index (χ0n) is 20.6. The molecule has 38 heavy (non-hydrogen) atoms. The largest absolute Gasteiger partial charge is 0.573 e. The van der Waals surface area contributed by atoms with Crippen LogP contribution >= 0.6 is 0 Å². The van der Waals surface area contributed by atoms with Gasteiger partial charge in [-0.25, -0.2) is 13.3 Å². The van der Waals surface area contributed by atoms with Gasteiger partial charge >= 0.3 is 6.36 Å². The van der Waals surface area contributed by atoms with Crippen molar-refractivity contribution in [1.29, 1.82) is 0 Å². The maximum atomic E-state index is 13.9. The second-order valence-corrected chi connectivity index (χ2v) is 11.3. The van der Waals surface area contributed by atoms with Crippen molar-refractivity contribution in [1.82, 2.24) is 4.72 Å². The molecular weight excluding hydrogens is 519 g/mol. The van der Waals surface area contributed by atoms with Gasteiger partial charge in [-0.3, -0.25) is 0 Å². The van der Waals surface area contributed by atoms with Gasteiger partial charge in [0.1, 0.15) is 15.7 Å². The average molecular weight is 548 g/mol. The Morgan fingerprint density at radius 2 is 1.55 bits per heavy atom. The maximum absolute atomic E-state index is 13.9. The second-order valence-electron chi connectivity index (χ2n) is 9.20. The number of anilines is 2. The molecule has 3 aromatic rings. The van der Waals surface area contributed by atoms with Crippen LogP contribution in [0, 0.1) is 0 Å². The first kappa shape index (κ1) is 26.3. The molecule has 1 aliphatic carbocycles. The Bertz CT molecular complexity index is 1360. The van der Waals surface area contributed by atoms with Gasteiger partial charge in [0.2, 0.25) is 0 Å². The topological polar surface area (TPSA) is 83.4 Å². The minimum atomic E-state index is -4.83. The third kappa shape index (κ3) is 5.31. The number of hydrogen-bond donors (Lipinski definition) is 2. The van der Waals surface area contributed by atoms with E-state index >= 15 is 0 Å². The minimum absolute atomic E-state index is 0.199. The lowest BCUT2D eigenvalue weighted by molar-refractivity contribution is -0.274. The fourth-order valence-electron chi connectivity index (χ4n) is 5.09. The van der Waals surface area contributed by atoms with Gasteiger partial charge in [-0.1, -0.05) is 37.1 Å². The molecule has 3 aromatic carbocycles. The predicted molar refractivity (Wildman–Crippen MR) is 138 cm³/mol. The number of nitrogens with zero attached hydrogens (tertiary/aromatic N) is 2. The normalized spacial score (nSPS) is 22.8. The van der Waals surface area contributed by atoms with E-state index in [1.54, 1.807) is 0 Å². The van der Waals surface area contributed by atoms with Gasteiger partial charge in [0.05, 0.1) is 28.4 Å². The SMILES string of the molecule is CN=S(=O)(N[C@@H]1CCCC[C@H](N2c3ccccc3Oc3ccccc32)[C@H]1O)c1ccc(OC(F)(F)F)cc1. The number of ether oxygens (including phenoxy) is 2. The van der Waals surface area contributed by atoms with Crippen LogP contribution in [0.2, 0.25) is 0 Å². The molecule has 1 heterocycles. The van der Waals surface area contributed by atoms with E-state index in [2.05, 4.69) is 18.7 Å². The Labute approximate surface area is 219 Å². The highest BCUT2D eigenvalue weighted by molar-refractivity contribution is 7.91. The van der Waals surface area contributed by atoms with Crippen LogP contribution in [-0.2, 0) is 9.92 Å². The Morgan fingerprint density at radius 3 is 2.13 bits per heavy atom. The van der Waals surface area contributed by atoms with E-state index in [4.69, 9.17) is 4.74 Å². The summed E-state index contributed by atoms with van der Waals surface area (Å²) in [7, 11) is -1.88. The summed E-state index contributed by atoms with van der Waals surface area (Å²) in [5.41, 5.74) is 1.66. The number of halogens is 3. The van der Waals surface area contributed by atoms with Gasteiger partial charge in [0.15, 0.2) is 11.5 Å². The predicted octanol–water partition coefficient (Wildman–Crippen LogP) is 6.16. The molecule has 1 unspecified atom stereocenters. The first-order chi connectivity index (χ1) is 18.2. The van der Waals surface area contributed by atoms with Crippen molar-refractivity contribution >= 4 is 21.3 Å². The van der Waals surface area contributed by atoms with Crippen molar-refractivity contribution in [2.24, 2.45) is 4.36 Å². The van der Waals surface area contributed by atoms with E-state index in [1.165, 1.54) is 19.2 Å². The Hall–Kier alpha value is -3.28. The summed E-state index contributed by atoms with van der Waals surface area (Å²) in [5.74, 6) is 0.944. The fourth-order valence-corrected chi connectivity index (χ4v) is 6.71. The first-order valence-electron chi connectivity index (χ1n) is 12.3. The summed E-state index contributed by atoms with van der Waals surface area (Å²) in [6, 6.07) is 19.1. The lowest BCUT2D eigenvalue weighted by Gasteiger charge is -2.41. The molecule has 11 heteroatoms. The highest BCUT2D eigenvalue weighted by Gasteiger charge is 2.39. The third-order valence-electron chi connectivity index (χ3n) is 6.82. The third-order valence-corrected chi connectivity index (χ3v) is 8.87. The van der Waals surface area contributed by atoms with Crippen molar-refractivity contribution in [3.8, 4) is 17.2 Å². The number of alkyl halides is 3. The lowest BCUT2D eigenvalue weighted by Crippen LogP contribution is -2.52.